The Morgan fingerprint density at radius 3 is 2.59 bits per heavy atom. The number of benzene rings is 2. The highest BCUT2D eigenvalue weighted by Crippen LogP contribution is 2.19. The van der Waals surface area contributed by atoms with Crippen LogP contribution in [0.3, 0.4) is 0 Å². The van der Waals surface area contributed by atoms with E-state index in [0.717, 1.165) is 11.1 Å². The highest BCUT2D eigenvalue weighted by molar-refractivity contribution is 6.05. The van der Waals surface area contributed by atoms with Crippen molar-refractivity contribution in [2.75, 3.05) is 11.9 Å². The molecule has 0 spiro atoms. The number of hydrogen-bond acceptors (Lipinski definition) is 3. The monoisotopic (exact) mass is 298 g/mol. The second-order valence-corrected chi connectivity index (χ2v) is 4.98. The number of ether oxygens (including phenoxy) is 1. The van der Waals surface area contributed by atoms with Crippen LogP contribution in [0.5, 0.6) is 5.75 Å². The maximum absolute atomic E-state index is 12.3. The Kier molecular flexibility index (Phi) is 4.78. The number of nitrogens with two attached hydrogens (primary N) is 1. The number of rotatable bonds is 5. The fraction of sp³-hybridized carbons (Fsp3) is 0.176. The molecule has 0 unspecified atom stereocenters. The van der Waals surface area contributed by atoms with Crippen LogP contribution >= 0.6 is 0 Å². The number of hydrogen-bond donors (Lipinski definition) is 2. The van der Waals surface area contributed by atoms with Crippen LogP contribution in [0.1, 0.15) is 21.5 Å². The number of carbonyl (C=O) groups is 2. The van der Waals surface area contributed by atoms with Gasteiger partial charge in [-0.15, -0.1) is 0 Å². The molecule has 114 valence electrons. The maximum atomic E-state index is 12.3. The first-order valence-electron chi connectivity index (χ1n) is 6.86. The van der Waals surface area contributed by atoms with E-state index in [9.17, 15) is 9.59 Å². The van der Waals surface area contributed by atoms with Gasteiger partial charge in [0, 0.05) is 17.3 Å². The number of amides is 2. The molecule has 0 aliphatic heterocycles. The molecule has 2 rings (SSSR count). The SMILES string of the molecule is Cc1cccc(C(=O)Nc2cccc(OCC(N)=O)c2)c1C. The summed E-state index contributed by atoms with van der Waals surface area (Å²) < 4.78 is 5.21. The van der Waals surface area contributed by atoms with Crippen molar-refractivity contribution in [3.63, 3.8) is 0 Å². The molecule has 2 amide bonds. The zero-order valence-corrected chi connectivity index (χ0v) is 12.6. The average Bonchev–Trinajstić information content (AvgIpc) is 2.48. The molecule has 22 heavy (non-hydrogen) atoms. The van der Waals surface area contributed by atoms with Crippen LogP contribution in [0.2, 0.25) is 0 Å². The quantitative estimate of drug-likeness (QED) is 0.889. The Morgan fingerprint density at radius 1 is 1.14 bits per heavy atom. The molecule has 0 aromatic heterocycles. The smallest absolute Gasteiger partial charge is 0.255 e. The molecule has 0 radical (unpaired) electrons. The van der Waals surface area contributed by atoms with Gasteiger partial charge in [0.2, 0.25) is 0 Å². The zero-order chi connectivity index (χ0) is 16.1. The van der Waals surface area contributed by atoms with E-state index in [1.54, 1.807) is 30.3 Å². The zero-order valence-electron chi connectivity index (χ0n) is 12.6. The molecule has 3 N–H and O–H groups in total. The minimum atomic E-state index is -0.551. The summed E-state index contributed by atoms with van der Waals surface area (Å²) in [6.07, 6.45) is 0. The van der Waals surface area contributed by atoms with Crippen LogP contribution in [0.25, 0.3) is 0 Å². The summed E-state index contributed by atoms with van der Waals surface area (Å²) in [5.41, 5.74) is 8.26. The lowest BCUT2D eigenvalue weighted by molar-refractivity contribution is -0.119. The molecule has 5 nitrogen and oxygen atoms in total. The topological polar surface area (TPSA) is 81.4 Å². The first kappa shape index (κ1) is 15.6. The minimum Gasteiger partial charge on any atom is -0.484 e. The van der Waals surface area contributed by atoms with Crippen molar-refractivity contribution >= 4 is 17.5 Å². The Morgan fingerprint density at radius 2 is 1.86 bits per heavy atom. The molecule has 2 aromatic rings. The van der Waals surface area contributed by atoms with E-state index in [2.05, 4.69) is 5.32 Å². The molecular weight excluding hydrogens is 280 g/mol. The first-order chi connectivity index (χ1) is 10.5. The number of anilines is 1. The van der Waals surface area contributed by atoms with E-state index >= 15 is 0 Å². The lowest BCUT2D eigenvalue weighted by Gasteiger charge is -2.11. The predicted octanol–water partition coefficient (Wildman–Crippen LogP) is 2.42. The van der Waals surface area contributed by atoms with Crippen LogP contribution in [0.15, 0.2) is 42.5 Å². The third-order valence-electron chi connectivity index (χ3n) is 3.32. The van der Waals surface area contributed by atoms with Gasteiger partial charge in [0.1, 0.15) is 5.75 Å². The fourth-order valence-corrected chi connectivity index (χ4v) is 2.01. The van der Waals surface area contributed by atoms with Crippen molar-refractivity contribution in [1.82, 2.24) is 0 Å². The Hall–Kier alpha value is -2.82. The van der Waals surface area contributed by atoms with Gasteiger partial charge in [-0.25, -0.2) is 0 Å². The third-order valence-corrected chi connectivity index (χ3v) is 3.32. The minimum absolute atomic E-state index is 0.187. The van der Waals surface area contributed by atoms with Gasteiger partial charge in [0.15, 0.2) is 6.61 Å². The highest BCUT2D eigenvalue weighted by Gasteiger charge is 2.10. The molecule has 5 heteroatoms. The van der Waals surface area contributed by atoms with Crippen molar-refractivity contribution in [2.24, 2.45) is 5.73 Å². The van der Waals surface area contributed by atoms with Gasteiger partial charge in [0.25, 0.3) is 11.8 Å². The van der Waals surface area contributed by atoms with Crippen molar-refractivity contribution in [3.05, 3.63) is 59.2 Å². The molecule has 0 aliphatic carbocycles. The third kappa shape index (κ3) is 3.85. The normalized spacial score (nSPS) is 10.1. The van der Waals surface area contributed by atoms with E-state index in [0.29, 0.717) is 17.0 Å². The Balaban J connectivity index is 2.13. The van der Waals surface area contributed by atoms with Gasteiger partial charge in [-0.2, -0.15) is 0 Å². The van der Waals surface area contributed by atoms with Gasteiger partial charge in [-0.05, 0) is 43.2 Å². The number of aryl methyl sites for hydroxylation is 1. The first-order valence-corrected chi connectivity index (χ1v) is 6.86. The molecule has 0 aliphatic rings. The summed E-state index contributed by atoms with van der Waals surface area (Å²) in [6, 6.07) is 12.4. The van der Waals surface area contributed by atoms with Gasteiger partial charge in [0.05, 0.1) is 0 Å². The van der Waals surface area contributed by atoms with Crippen molar-refractivity contribution in [3.8, 4) is 5.75 Å². The molecule has 0 heterocycles. The average molecular weight is 298 g/mol. The predicted molar refractivity (Wildman–Crippen MR) is 85.0 cm³/mol. The van der Waals surface area contributed by atoms with Crippen LogP contribution in [0, 0.1) is 13.8 Å². The number of carbonyl (C=O) groups excluding carboxylic acids is 2. The second kappa shape index (κ2) is 6.76. The summed E-state index contributed by atoms with van der Waals surface area (Å²) in [7, 11) is 0. The second-order valence-electron chi connectivity index (χ2n) is 4.98. The van der Waals surface area contributed by atoms with E-state index in [1.165, 1.54) is 0 Å². The van der Waals surface area contributed by atoms with Gasteiger partial charge in [-0.1, -0.05) is 18.2 Å². The van der Waals surface area contributed by atoms with E-state index in [1.807, 2.05) is 26.0 Å². The van der Waals surface area contributed by atoms with E-state index in [4.69, 9.17) is 10.5 Å². The number of nitrogens with one attached hydrogen (secondary N) is 1. The maximum Gasteiger partial charge on any atom is 0.255 e. The highest BCUT2D eigenvalue weighted by atomic mass is 16.5. The molecule has 0 atom stereocenters. The molecule has 0 saturated heterocycles. The van der Waals surface area contributed by atoms with Crippen LogP contribution in [-0.4, -0.2) is 18.4 Å². The number of primary amides is 1. The van der Waals surface area contributed by atoms with Crippen LogP contribution < -0.4 is 15.8 Å². The summed E-state index contributed by atoms with van der Waals surface area (Å²) >= 11 is 0. The molecular formula is C17H18N2O3. The summed E-state index contributed by atoms with van der Waals surface area (Å²) in [5, 5.41) is 2.82. The summed E-state index contributed by atoms with van der Waals surface area (Å²) in [6.45, 7) is 3.68. The standard InChI is InChI=1S/C17H18N2O3/c1-11-5-3-8-15(12(11)2)17(21)19-13-6-4-7-14(9-13)22-10-16(18)20/h3-9H,10H2,1-2H3,(H2,18,20)(H,19,21). The van der Waals surface area contributed by atoms with E-state index < -0.39 is 5.91 Å². The Labute approximate surface area is 129 Å². The molecule has 0 fully saturated rings. The van der Waals surface area contributed by atoms with Gasteiger partial charge in [-0.3, -0.25) is 9.59 Å². The lowest BCUT2D eigenvalue weighted by atomic mass is 10.0. The fourth-order valence-electron chi connectivity index (χ4n) is 2.01. The molecule has 2 aromatic carbocycles. The van der Waals surface area contributed by atoms with Crippen molar-refractivity contribution in [2.45, 2.75) is 13.8 Å². The van der Waals surface area contributed by atoms with Crippen LogP contribution in [0.4, 0.5) is 5.69 Å². The van der Waals surface area contributed by atoms with Gasteiger partial charge >= 0.3 is 0 Å². The summed E-state index contributed by atoms with van der Waals surface area (Å²) in [4.78, 5) is 23.1. The van der Waals surface area contributed by atoms with Gasteiger partial charge < -0.3 is 15.8 Å². The molecule has 0 bridgehead atoms. The van der Waals surface area contributed by atoms with Crippen LogP contribution in [-0.2, 0) is 4.79 Å². The van der Waals surface area contributed by atoms with Crippen molar-refractivity contribution in [1.29, 1.82) is 0 Å². The van der Waals surface area contributed by atoms with Crippen molar-refractivity contribution < 1.29 is 14.3 Å². The largest absolute Gasteiger partial charge is 0.484 e. The molecule has 0 saturated carbocycles. The Bertz CT molecular complexity index is 711. The summed E-state index contributed by atoms with van der Waals surface area (Å²) in [5.74, 6) is -0.268. The lowest BCUT2D eigenvalue weighted by Crippen LogP contribution is -2.20. The van der Waals surface area contributed by atoms with E-state index in [-0.39, 0.29) is 12.5 Å².